The van der Waals surface area contributed by atoms with E-state index in [9.17, 15) is 4.79 Å². The van der Waals surface area contributed by atoms with E-state index in [0.29, 0.717) is 49.1 Å². The van der Waals surface area contributed by atoms with Crippen LogP contribution in [0, 0.1) is 6.92 Å². The molecule has 11 heteroatoms. The number of carbonyl (C=O) groups excluding carboxylic acids is 1. The molecule has 4 aromatic rings. The van der Waals surface area contributed by atoms with Crippen LogP contribution in [0.4, 0.5) is 11.6 Å². The third kappa shape index (κ3) is 7.03. The molecule has 5 rings (SSSR count). The number of allylic oxidation sites excluding steroid dienone is 1. The van der Waals surface area contributed by atoms with Gasteiger partial charge in [0.05, 0.1) is 17.2 Å². The number of aromatic nitrogens is 3. The van der Waals surface area contributed by atoms with Crippen LogP contribution < -0.4 is 20.1 Å². The van der Waals surface area contributed by atoms with Gasteiger partial charge < -0.3 is 20.1 Å². The van der Waals surface area contributed by atoms with E-state index in [1.165, 1.54) is 0 Å². The van der Waals surface area contributed by atoms with Crippen molar-refractivity contribution in [3.05, 3.63) is 98.1 Å². The molecular weight excluding hydrogens is 650 g/mol. The molecule has 0 fully saturated rings. The second-order valence-corrected chi connectivity index (χ2v) is 12.5. The fourth-order valence-corrected chi connectivity index (χ4v) is 6.50. The van der Waals surface area contributed by atoms with Crippen LogP contribution in [0.15, 0.2) is 81.6 Å². The van der Waals surface area contributed by atoms with E-state index in [-0.39, 0.29) is 12.5 Å². The van der Waals surface area contributed by atoms with Gasteiger partial charge in [-0.25, -0.2) is 4.68 Å². The van der Waals surface area contributed by atoms with Gasteiger partial charge in [-0.2, -0.15) is 4.98 Å². The first-order chi connectivity index (χ1) is 20.8. The zero-order valence-corrected chi connectivity index (χ0v) is 27.6. The molecule has 0 aliphatic carbocycles. The SMILES string of the molecule is CCCCSc1nc2n(n1)C(c1cc(Br)c(OCc3ccccc3Cl)c(OC)c1)C(C(=O)Nc1cccc(C)c1)=C(C)N2. The maximum atomic E-state index is 13.9. The molecule has 1 amide bonds. The molecule has 1 aliphatic heterocycles. The van der Waals surface area contributed by atoms with Gasteiger partial charge in [-0.1, -0.05) is 67.0 Å². The van der Waals surface area contributed by atoms with Crippen molar-refractivity contribution in [3.8, 4) is 11.5 Å². The minimum absolute atomic E-state index is 0.240. The number of amides is 1. The molecule has 3 aromatic carbocycles. The molecule has 0 radical (unpaired) electrons. The second-order valence-electron chi connectivity index (χ2n) is 10.2. The number of nitrogens with zero attached hydrogens (tertiary/aromatic N) is 3. The topological polar surface area (TPSA) is 90.3 Å². The number of nitrogens with one attached hydrogen (secondary N) is 2. The fourth-order valence-electron chi connectivity index (χ4n) is 4.83. The number of methoxy groups -OCH3 is 1. The molecule has 1 unspecified atom stereocenters. The number of carbonyl (C=O) groups is 1. The van der Waals surface area contributed by atoms with Crippen molar-refractivity contribution in [3.63, 3.8) is 0 Å². The third-order valence-corrected chi connectivity index (χ3v) is 8.86. The highest BCUT2D eigenvalue weighted by atomic mass is 79.9. The van der Waals surface area contributed by atoms with E-state index in [0.717, 1.165) is 35.3 Å². The molecule has 0 saturated carbocycles. The Morgan fingerprint density at radius 3 is 2.72 bits per heavy atom. The Bertz CT molecular complexity index is 1670. The average molecular weight is 683 g/mol. The number of fused-ring (bicyclic) bond motifs is 1. The average Bonchev–Trinajstić information content (AvgIpc) is 3.38. The summed E-state index contributed by atoms with van der Waals surface area (Å²) < 4.78 is 14.4. The van der Waals surface area contributed by atoms with Gasteiger partial charge in [-0.3, -0.25) is 4.79 Å². The van der Waals surface area contributed by atoms with Gasteiger partial charge in [-0.15, -0.1) is 5.10 Å². The summed E-state index contributed by atoms with van der Waals surface area (Å²) in [6.07, 6.45) is 2.15. The van der Waals surface area contributed by atoms with Crippen molar-refractivity contribution in [2.45, 2.75) is 51.4 Å². The monoisotopic (exact) mass is 681 g/mol. The Hall–Kier alpha value is -3.47. The maximum Gasteiger partial charge on any atom is 0.255 e. The van der Waals surface area contributed by atoms with Crippen LogP contribution in [0.2, 0.25) is 5.02 Å². The van der Waals surface area contributed by atoms with Crippen molar-refractivity contribution >= 4 is 56.8 Å². The Labute approximate surface area is 269 Å². The number of benzene rings is 3. The van der Waals surface area contributed by atoms with Crippen LogP contribution >= 0.6 is 39.3 Å². The number of hydrogen-bond acceptors (Lipinski definition) is 7. The van der Waals surface area contributed by atoms with Gasteiger partial charge >= 0.3 is 0 Å². The number of unbranched alkanes of at least 4 members (excludes halogenated alkanes) is 1. The van der Waals surface area contributed by atoms with Crippen molar-refractivity contribution in [2.24, 2.45) is 0 Å². The van der Waals surface area contributed by atoms with Crippen molar-refractivity contribution in [2.75, 3.05) is 23.5 Å². The number of anilines is 2. The molecule has 1 aromatic heterocycles. The molecule has 2 heterocycles. The summed E-state index contributed by atoms with van der Waals surface area (Å²) in [5, 5.41) is 12.5. The van der Waals surface area contributed by atoms with Crippen LogP contribution in [-0.4, -0.2) is 33.5 Å². The first-order valence-corrected chi connectivity index (χ1v) is 16.1. The largest absolute Gasteiger partial charge is 0.493 e. The molecule has 224 valence electrons. The Kier molecular flexibility index (Phi) is 10.00. The van der Waals surface area contributed by atoms with Gasteiger partial charge in [-0.05, 0) is 77.7 Å². The van der Waals surface area contributed by atoms with Crippen molar-refractivity contribution < 1.29 is 14.3 Å². The van der Waals surface area contributed by atoms with E-state index in [4.69, 9.17) is 31.2 Å². The van der Waals surface area contributed by atoms with Crippen LogP contribution in [0.3, 0.4) is 0 Å². The third-order valence-electron chi connectivity index (χ3n) is 6.98. The van der Waals surface area contributed by atoms with Crippen molar-refractivity contribution in [1.82, 2.24) is 14.8 Å². The van der Waals surface area contributed by atoms with E-state index < -0.39 is 6.04 Å². The highest BCUT2D eigenvalue weighted by Crippen LogP contribution is 2.43. The quantitative estimate of drug-likeness (QED) is 0.121. The van der Waals surface area contributed by atoms with Crippen LogP contribution in [0.1, 0.15) is 49.4 Å². The summed E-state index contributed by atoms with van der Waals surface area (Å²) in [7, 11) is 1.59. The summed E-state index contributed by atoms with van der Waals surface area (Å²) >= 11 is 11.7. The lowest BCUT2D eigenvalue weighted by Crippen LogP contribution is -2.31. The second kappa shape index (κ2) is 13.9. The summed E-state index contributed by atoms with van der Waals surface area (Å²) in [5.74, 6) is 2.28. The molecule has 0 saturated heterocycles. The zero-order chi connectivity index (χ0) is 30.5. The Morgan fingerprint density at radius 2 is 1.98 bits per heavy atom. The highest BCUT2D eigenvalue weighted by Gasteiger charge is 2.35. The molecule has 43 heavy (non-hydrogen) atoms. The van der Waals surface area contributed by atoms with E-state index in [2.05, 4.69) is 33.5 Å². The lowest BCUT2D eigenvalue weighted by molar-refractivity contribution is -0.113. The normalized spacial score (nSPS) is 14.2. The molecule has 1 atom stereocenters. The first-order valence-electron chi connectivity index (χ1n) is 14.0. The number of thioether (sulfide) groups is 1. The summed E-state index contributed by atoms with van der Waals surface area (Å²) in [6, 6.07) is 18.5. The van der Waals surface area contributed by atoms with Crippen molar-refractivity contribution in [1.29, 1.82) is 0 Å². The minimum Gasteiger partial charge on any atom is -0.493 e. The molecule has 2 N–H and O–H groups in total. The van der Waals surface area contributed by atoms with Crippen LogP contribution in [0.25, 0.3) is 0 Å². The molecular formula is C32H33BrClN5O3S. The molecule has 0 bridgehead atoms. The smallest absolute Gasteiger partial charge is 0.255 e. The van der Waals surface area contributed by atoms with Gasteiger partial charge in [0, 0.05) is 27.7 Å². The number of halogens is 2. The predicted octanol–water partition coefficient (Wildman–Crippen LogP) is 8.41. The number of rotatable bonds is 11. The van der Waals surface area contributed by atoms with E-state index in [1.807, 2.05) is 74.5 Å². The van der Waals surface area contributed by atoms with Gasteiger partial charge in [0.25, 0.3) is 5.91 Å². The molecule has 1 aliphatic rings. The van der Waals surface area contributed by atoms with E-state index in [1.54, 1.807) is 23.6 Å². The number of aryl methyl sites for hydroxylation is 1. The van der Waals surface area contributed by atoms with Gasteiger partial charge in [0.2, 0.25) is 11.1 Å². The molecule has 0 spiro atoms. The zero-order valence-electron chi connectivity index (χ0n) is 24.4. The summed E-state index contributed by atoms with van der Waals surface area (Å²) in [5.41, 5.74) is 4.60. The lowest BCUT2D eigenvalue weighted by atomic mass is 9.94. The standard InChI is InChI=1S/C32H33BrClN5O3S/c1-5-6-14-43-32-37-31-35-20(3)27(30(40)36-23-12-9-10-19(2)15-23)28(39(31)38-32)22-16-24(33)29(26(17-22)41-4)42-18-21-11-7-8-13-25(21)34/h7-13,15-17,28H,5-6,14,18H2,1-4H3,(H,36,40)(H,35,37,38). The summed E-state index contributed by atoms with van der Waals surface area (Å²) in [4.78, 5) is 18.7. The highest BCUT2D eigenvalue weighted by molar-refractivity contribution is 9.10. The van der Waals surface area contributed by atoms with E-state index >= 15 is 0 Å². The number of hydrogen-bond donors (Lipinski definition) is 2. The maximum absolute atomic E-state index is 13.9. The van der Waals surface area contributed by atoms with Crippen LogP contribution in [-0.2, 0) is 11.4 Å². The van der Waals surface area contributed by atoms with Crippen LogP contribution in [0.5, 0.6) is 11.5 Å². The molecule has 8 nitrogen and oxygen atoms in total. The van der Waals surface area contributed by atoms with Gasteiger partial charge in [0.15, 0.2) is 11.5 Å². The minimum atomic E-state index is -0.586. The lowest BCUT2D eigenvalue weighted by Gasteiger charge is -2.29. The number of ether oxygens (including phenoxy) is 2. The Balaban J connectivity index is 1.54. The summed E-state index contributed by atoms with van der Waals surface area (Å²) in [6.45, 7) is 6.29. The predicted molar refractivity (Wildman–Crippen MR) is 176 cm³/mol. The van der Waals surface area contributed by atoms with Gasteiger partial charge in [0.1, 0.15) is 12.6 Å². The Morgan fingerprint density at radius 1 is 1.16 bits per heavy atom. The fraction of sp³-hybridized carbons (Fsp3) is 0.281. The first kappa shape index (κ1) is 31.0.